The van der Waals surface area contributed by atoms with E-state index in [2.05, 4.69) is 5.32 Å². The second-order valence-corrected chi connectivity index (χ2v) is 10.4. The van der Waals surface area contributed by atoms with E-state index in [9.17, 15) is 17.6 Å². The Morgan fingerprint density at radius 3 is 2.36 bits per heavy atom. The largest absolute Gasteiger partial charge is 0.351 e. The molecule has 2 aromatic rings. The summed E-state index contributed by atoms with van der Waals surface area (Å²) in [7, 11) is 0.257. The molecule has 1 aliphatic rings. The van der Waals surface area contributed by atoms with E-state index < -0.39 is 10.0 Å². The van der Waals surface area contributed by atoms with Crippen molar-refractivity contribution in [1.82, 2.24) is 14.5 Å². The highest BCUT2D eigenvalue weighted by Gasteiger charge is 2.24. The van der Waals surface area contributed by atoms with Crippen LogP contribution in [0, 0.1) is 5.82 Å². The number of amides is 1. The van der Waals surface area contributed by atoms with Crippen LogP contribution in [0.15, 0.2) is 59.5 Å². The van der Waals surface area contributed by atoms with Crippen LogP contribution in [0.4, 0.5) is 4.39 Å². The Balaban J connectivity index is 1.59. The van der Waals surface area contributed by atoms with Gasteiger partial charge < -0.3 is 10.2 Å². The maximum atomic E-state index is 13.6. The first-order valence-electron chi connectivity index (χ1n) is 11.3. The van der Waals surface area contributed by atoms with Gasteiger partial charge in [-0.25, -0.2) is 12.8 Å². The summed E-state index contributed by atoms with van der Waals surface area (Å²) in [5.41, 5.74) is 1.51. The fourth-order valence-electron chi connectivity index (χ4n) is 3.92. The maximum Gasteiger partial charge on any atom is 0.244 e. The van der Waals surface area contributed by atoms with Gasteiger partial charge in [0, 0.05) is 25.7 Å². The van der Waals surface area contributed by atoms with Crippen molar-refractivity contribution in [2.45, 2.75) is 36.6 Å². The van der Waals surface area contributed by atoms with Crippen LogP contribution in [-0.2, 0) is 14.8 Å². The molecule has 1 saturated heterocycles. The topological polar surface area (TPSA) is 69.7 Å². The van der Waals surface area contributed by atoms with Gasteiger partial charge in [-0.15, -0.1) is 0 Å². The first kappa shape index (κ1) is 25.1. The molecule has 1 N–H and O–H groups in total. The number of halogens is 1. The molecule has 0 aliphatic carbocycles. The van der Waals surface area contributed by atoms with Gasteiger partial charge in [-0.3, -0.25) is 4.79 Å². The Morgan fingerprint density at radius 1 is 1.09 bits per heavy atom. The number of carbonyl (C=O) groups excluding carboxylic acids is 1. The van der Waals surface area contributed by atoms with Crippen molar-refractivity contribution in [3.05, 3.63) is 71.6 Å². The van der Waals surface area contributed by atoms with Gasteiger partial charge in [0.25, 0.3) is 0 Å². The smallest absolute Gasteiger partial charge is 0.244 e. The second-order valence-electron chi connectivity index (χ2n) is 8.50. The van der Waals surface area contributed by atoms with Crippen LogP contribution in [0.5, 0.6) is 0 Å². The molecule has 8 heteroatoms. The normalized spacial score (nSPS) is 16.6. The molecule has 0 bridgehead atoms. The average molecular weight is 474 g/mol. The fourth-order valence-corrected chi connectivity index (χ4v) is 5.44. The summed E-state index contributed by atoms with van der Waals surface area (Å²) in [4.78, 5) is 14.5. The lowest BCUT2D eigenvalue weighted by Crippen LogP contribution is -2.33. The molecule has 1 amide bonds. The number of nitrogens with zero attached hydrogens (tertiary/aromatic N) is 2. The van der Waals surface area contributed by atoms with E-state index in [1.165, 1.54) is 18.2 Å². The summed E-state index contributed by atoms with van der Waals surface area (Å²) in [5.74, 6) is -0.591. The minimum Gasteiger partial charge on any atom is -0.351 e. The Bertz CT molecular complexity index is 1060. The second kappa shape index (κ2) is 11.5. The lowest BCUT2D eigenvalue weighted by molar-refractivity contribution is -0.116. The summed E-state index contributed by atoms with van der Waals surface area (Å²) in [6, 6.07) is 12.7. The predicted molar refractivity (Wildman–Crippen MR) is 129 cm³/mol. The van der Waals surface area contributed by atoms with Crippen molar-refractivity contribution in [3.63, 3.8) is 0 Å². The van der Waals surface area contributed by atoms with E-state index in [4.69, 9.17) is 0 Å². The molecule has 1 aliphatic heterocycles. The summed E-state index contributed by atoms with van der Waals surface area (Å²) < 4.78 is 40.9. The first-order chi connectivity index (χ1) is 15.8. The number of likely N-dealkylation sites (N-methyl/N-ethyl adjacent to an activating group) is 1. The van der Waals surface area contributed by atoms with E-state index in [1.54, 1.807) is 40.7 Å². The third-order valence-electron chi connectivity index (χ3n) is 5.84. The van der Waals surface area contributed by atoms with E-state index in [0.717, 1.165) is 36.8 Å². The predicted octanol–water partition coefficient (Wildman–Crippen LogP) is 3.82. The minimum absolute atomic E-state index is 0.165. The molecule has 6 nitrogen and oxygen atoms in total. The zero-order chi connectivity index (χ0) is 23.8. The van der Waals surface area contributed by atoms with Crippen molar-refractivity contribution in [2.75, 3.05) is 33.7 Å². The van der Waals surface area contributed by atoms with E-state index in [0.29, 0.717) is 19.6 Å². The van der Waals surface area contributed by atoms with Gasteiger partial charge in [0.15, 0.2) is 0 Å². The van der Waals surface area contributed by atoms with Gasteiger partial charge >= 0.3 is 0 Å². The van der Waals surface area contributed by atoms with Crippen LogP contribution in [0.2, 0.25) is 0 Å². The number of carbonyl (C=O) groups is 1. The van der Waals surface area contributed by atoms with Crippen LogP contribution in [-0.4, -0.2) is 57.3 Å². The molecule has 0 aromatic heterocycles. The Kier molecular flexibility index (Phi) is 8.77. The molecule has 0 saturated carbocycles. The van der Waals surface area contributed by atoms with Gasteiger partial charge in [0.1, 0.15) is 5.82 Å². The molecule has 1 heterocycles. The zero-order valence-electron chi connectivity index (χ0n) is 19.2. The maximum absolute atomic E-state index is 13.6. The van der Waals surface area contributed by atoms with Crippen LogP contribution >= 0.6 is 0 Å². The highest BCUT2D eigenvalue weighted by molar-refractivity contribution is 7.89. The number of hydrogen-bond donors (Lipinski definition) is 1. The molecular formula is C25H32FN3O3S. The van der Waals surface area contributed by atoms with Crippen molar-refractivity contribution in [2.24, 2.45) is 0 Å². The number of sulfonamides is 1. The van der Waals surface area contributed by atoms with Crippen molar-refractivity contribution >= 4 is 22.0 Å². The highest BCUT2D eigenvalue weighted by Crippen LogP contribution is 2.21. The van der Waals surface area contributed by atoms with E-state index in [1.807, 2.05) is 25.1 Å². The Labute approximate surface area is 196 Å². The first-order valence-corrected chi connectivity index (χ1v) is 12.7. The minimum atomic E-state index is -3.49. The molecule has 0 radical (unpaired) electrons. The monoisotopic (exact) mass is 473 g/mol. The summed E-state index contributed by atoms with van der Waals surface area (Å²) in [5, 5.41) is 2.84. The summed E-state index contributed by atoms with van der Waals surface area (Å²) in [6.07, 6.45) is 6.97. The molecule has 1 fully saturated rings. The average Bonchev–Trinajstić information content (AvgIpc) is 3.08. The van der Waals surface area contributed by atoms with Crippen molar-refractivity contribution < 1.29 is 17.6 Å². The molecular weight excluding hydrogens is 441 g/mol. The van der Waals surface area contributed by atoms with Crippen molar-refractivity contribution in [3.8, 4) is 0 Å². The summed E-state index contributed by atoms with van der Waals surface area (Å²) >= 11 is 0. The molecule has 1 atom stereocenters. The third-order valence-corrected chi connectivity index (χ3v) is 7.75. The number of nitrogens with one attached hydrogen (secondary N) is 1. The lowest BCUT2D eigenvalue weighted by Gasteiger charge is -2.24. The fraction of sp³-hybridized carbons (Fsp3) is 0.400. The van der Waals surface area contributed by atoms with Gasteiger partial charge in [-0.1, -0.05) is 37.1 Å². The molecule has 178 valence electrons. The van der Waals surface area contributed by atoms with Gasteiger partial charge in [0.2, 0.25) is 15.9 Å². The number of benzene rings is 2. The summed E-state index contributed by atoms with van der Waals surface area (Å²) in [6.45, 7) is 1.45. The molecule has 3 rings (SSSR count). The molecule has 0 spiro atoms. The molecule has 1 unspecified atom stereocenters. The lowest BCUT2D eigenvalue weighted by atomic mass is 10.1. The van der Waals surface area contributed by atoms with Crippen LogP contribution in [0.1, 0.15) is 42.9 Å². The standard InChI is InChI=1S/C25H32FN3O3S/c1-28(2)24(21-8-7-9-22(26)18-21)19-27-25(30)15-12-20-10-13-23(14-11-20)33(31,32)29-16-5-3-4-6-17-29/h7-15,18,24H,3-6,16-17,19H2,1-2H3,(H,27,30)/b15-12+. The van der Waals surface area contributed by atoms with Gasteiger partial charge in [-0.05, 0) is 68.4 Å². The Morgan fingerprint density at radius 2 is 1.76 bits per heavy atom. The van der Waals surface area contributed by atoms with Gasteiger partial charge in [-0.2, -0.15) is 4.31 Å². The highest BCUT2D eigenvalue weighted by atomic mass is 32.2. The van der Waals surface area contributed by atoms with Crippen LogP contribution in [0.25, 0.3) is 6.08 Å². The van der Waals surface area contributed by atoms with Gasteiger partial charge in [0.05, 0.1) is 10.9 Å². The van der Waals surface area contributed by atoms with Crippen LogP contribution < -0.4 is 5.32 Å². The zero-order valence-corrected chi connectivity index (χ0v) is 20.0. The SMILES string of the molecule is CN(C)C(CNC(=O)/C=C/c1ccc(S(=O)(=O)N2CCCCCC2)cc1)c1cccc(F)c1. The third kappa shape index (κ3) is 6.96. The molecule has 2 aromatic carbocycles. The van der Waals surface area contributed by atoms with E-state index >= 15 is 0 Å². The number of hydrogen-bond acceptors (Lipinski definition) is 4. The van der Waals surface area contributed by atoms with E-state index in [-0.39, 0.29) is 22.7 Å². The number of rotatable bonds is 8. The Hall–Kier alpha value is -2.55. The quantitative estimate of drug-likeness (QED) is 0.592. The molecule has 33 heavy (non-hydrogen) atoms. The van der Waals surface area contributed by atoms with Crippen LogP contribution in [0.3, 0.4) is 0 Å². The van der Waals surface area contributed by atoms with Crippen molar-refractivity contribution in [1.29, 1.82) is 0 Å².